The van der Waals surface area contributed by atoms with Gasteiger partial charge in [0.05, 0.1) is 5.69 Å². The zero-order chi connectivity index (χ0) is 13.0. The molecular weight excluding hydrogens is 250 g/mol. The molecule has 2 aromatic rings. The molecule has 2 aromatic heterocycles. The summed E-state index contributed by atoms with van der Waals surface area (Å²) in [6.45, 7) is 4.80. The lowest BCUT2D eigenvalue weighted by molar-refractivity contribution is 0.454. The third-order valence-corrected chi connectivity index (χ3v) is 2.85. The predicted octanol–water partition coefficient (Wildman–Crippen LogP) is 2.33. The van der Waals surface area contributed by atoms with Gasteiger partial charge in [0, 0.05) is 12.6 Å². The van der Waals surface area contributed by atoms with E-state index < -0.39 is 0 Å². The molecule has 7 heteroatoms. The van der Waals surface area contributed by atoms with Gasteiger partial charge in [-0.15, -0.1) is 0 Å². The van der Waals surface area contributed by atoms with Crippen molar-refractivity contribution in [3.05, 3.63) is 18.0 Å². The average Bonchev–Trinajstić information content (AvgIpc) is 2.71. The van der Waals surface area contributed by atoms with Gasteiger partial charge in [-0.25, -0.2) is 9.97 Å². The van der Waals surface area contributed by atoms with E-state index in [0.29, 0.717) is 10.2 Å². The number of hydrogen-bond acceptors (Lipinski definition) is 7. The monoisotopic (exact) mass is 265 g/mol. The molecule has 0 atom stereocenters. The molecule has 0 spiro atoms. The van der Waals surface area contributed by atoms with Gasteiger partial charge in [0.25, 0.3) is 5.22 Å². The molecule has 0 saturated heterocycles. The van der Waals surface area contributed by atoms with Crippen LogP contribution in [-0.4, -0.2) is 21.5 Å². The maximum absolute atomic E-state index is 5.66. The number of nitrogens with two attached hydrogens (primary N) is 1. The number of aromatic nitrogens is 3. The Kier molecular flexibility index (Phi) is 4.03. The van der Waals surface area contributed by atoms with Crippen molar-refractivity contribution < 1.29 is 4.42 Å². The van der Waals surface area contributed by atoms with E-state index in [1.165, 1.54) is 11.8 Å². The van der Waals surface area contributed by atoms with Crippen LogP contribution in [0.2, 0.25) is 0 Å². The lowest BCUT2D eigenvalue weighted by Gasteiger charge is -2.05. The maximum atomic E-state index is 5.66. The van der Waals surface area contributed by atoms with Crippen molar-refractivity contribution >= 4 is 23.5 Å². The first-order valence-corrected chi connectivity index (χ1v) is 6.47. The fourth-order valence-corrected chi connectivity index (χ4v) is 2.08. The molecule has 96 valence electrons. The summed E-state index contributed by atoms with van der Waals surface area (Å²) in [5.74, 6) is 0.956. The lowest BCUT2D eigenvalue weighted by atomic mass is 10.4. The van der Waals surface area contributed by atoms with Gasteiger partial charge in [0.1, 0.15) is 17.1 Å². The Hall–Kier alpha value is -1.76. The molecule has 18 heavy (non-hydrogen) atoms. The summed E-state index contributed by atoms with van der Waals surface area (Å²) in [5.41, 5.74) is 6.50. The maximum Gasteiger partial charge on any atom is 0.262 e. The number of hydrogen-bond donors (Lipinski definition) is 2. The quantitative estimate of drug-likeness (QED) is 0.802. The zero-order valence-corrected chi connectivity index (χ0v) is 11.1. The molecule has 0 saturated carbocycles. The van der Waals surface area contributed by atoms with E-state index in [9.17, 15) is 0 Å². The van der Waals surface area contributed by atoms with Gasteiger partial charge in [-0.05, 0) is 25.1 Å². The molecule has 3 N–H and O–H groups in total. The fourth-order valence-electron chi connectivity index (χ4n) is 1.31. The molecule has 6 nitrogen and oxygen atoms in total. The van der Waals surface area contributed by atoms with Crippen molar-refractivity contribution in [1.29, 1.82) is 0 Å². The van der Waals surface area contributed by atoms with Crippen molar-refractivity contribution in [2.75, 3.05) is 17.6 Å². The minimum absolute atomic E-state index is 0.238. The Morgan fingerprint density at radius 1 is 1.39 bits per heavy atom. The highest BCUT2D eigenvalue weighted by Crippen LogP contribution is 2.27. The first kappa shape index (κ1) is 12.7. The second-order valence-corrected chi connectivity index (χ2v) is 4.70. The Morgan fingerprint density at radius 3 is 2.89 bits per heavy atom. The van der Waals surface area contributed by atoms with Gasteiger partial charge in [-0.1, -0.05) is 6.92 Å². The first-order valence-electron chi connectivity index (χ1n) is 5.66. The van der Waals surface area contributed by atoms with Crippen LogP contribution in [0.1, 0.15) is 19.0 Å². The topological polar surface area (TPSA) is 89.9 Å². The molecule has 0 radical (unpaired) electrons. The minimum Gasteiger partial charge on any atom is -0.439 e. The Morgan fingerprint density at radius 2 is 2.22 bits per heavy atom. The van der Waals surface area contributed by atoms with Crippen molar-refractivity contribution in [3.63, 3.8) is 0 Å². The van der Waals surface area contributed by atoms with Crippen molar-refractivity contribution in [1.82, 2.24) is 15.0 Å². The average molecular weight is 265 g/mol. The standard InChI is InChI=1S/C11H15N5OS/c1-3-4-13-8-5-9(16-10(12)15-8)18-11-14-7(2)6-17-11/h5-6H,3-4H2,1-2H3,(H3,12,13,15,16). The smallest absolute Gasteiger partial charge is 0.262 e. The Balaban J connectivity index is 2.14. The van der Waals surface area contributed by atoms with E-state index in [2.05, 4.69) is 27.2 Å². The van der Waals surface area contributed by atoms with E-state index in [1.54, 1.807) is 6.26 Å². The lowest BCUT2D eigenvalue weighted by Crippen LogP contribution is -2.05. The molecule has 0 amide bonds. The second kappa shape index (κ2) is 5.72. The van der Waals surface area contributed by atoms with Crippen LogP contribution in [0.5, 0.6) is 0 Å². The first-order chi connectivity index (χ1) is 8.67. The number of rotatable bonds is 5. The van der Waals surface area contributed by atoms with Gasteiger partial charge in [-0.3, -0.25) is 0 Å². The SMILES string of the molecule is CCCNc1cc(Sc2nc(C)co2)nc(N)n1. The van der Waals surface area contributed by atoms with Crippen LogP contribution in [-0.2, 0) is 0 Å². The van der Waals surface area contributed by atoms with E-state index in [-0.39, 0.29) is 5.95 Å². The largest absolute Gasteiger partial charge is 0.439 e. The fraction of sp³-hybridized carbons (Fsp3) is 0.364. The summed E-state index contributed by atoms with van der Waals surface area (Å²) in [6.07, 6.45) is 2.62. The highest BCUT2D eigenvalue weighted by molar-refractivity contribution is 7.99. The van der Waals surface area contributed by atoms with E-state index in [4.69, 9.17) is 10.2 Å². The molecule has 0 fully saturated rings. The second-order valence-electron chi connectivity index (χ2n) is 3.73. The summed E-state index contributed by atoms with van der Waals surface area (Å²) >= 11 is 1.32. The van der Waals surface area contributed by atoms with E-state index in [0.717, 1.165) is 24.5 Å². The molecule has 0 aliphatic rings. The number of oxazole rings is 1. The van der Waals surface area contributed by atoms with Crippen LogP contribution in [0.3, 0.4) is 0 Å². The van der Waals surface area contributed by atoms with Crippen molar-refractivity contribution in [2.45, 2.75) is 30.5 Å². The predicted molar refractivity (Wildman–Crippen MR) is 70.6 cm³/mol. The van der Waals surface area contributed by atoms with Crippen LogP contribution in [0, 0.1) is 6.92 Å². The molecule has 2 heterocycles. The highest BCUT2D eigenvalue weighted by atomic mass is 32.2. The van der Waals surface area contributed by atoms with Crippen LogP contribution in [0.15, 0.2) is 27.0 Å². The number of aryl methyl sites for hydroxylation is 1. The molecule has 2 rings (SSSR count). The number of anilines is 2. The summed E-state index contributed by atoms with van der Waals surface area (Å²) in [4.78, 5) is 12.4. The molecule has 0 aliphatic carbocycles. The normalized spacial score (nSPS) is 10.6. The zero-order valence-electron chi connectivity index (χ0n) is 10.3. The van der Waals surface area contributed by atoms with Gasteiger partial charge in [-0.2, -0.15) is 4.98 Å². The Bertz CT molecular complexity index is 528. The summed E-state index contributed by atoms with van der Waals surface area (Å²) in [5, 5.41) is 4.43. The number of nitrogens with one attached hydrogen (secondary N) is 1. The van der Waals surface area contributed by atoms with Gasteiger partial charge < -0.3 is 15.5 Å². The number of nitrogen functional groups attached to an aromatic ring is 1. The summed E-state index contributed by atoms with van der Waals surface area (Å²) in [7, 11) is 0. The van der Waals surface area contributed by atoms with Crippen molar-refractivity contribution in [3.8, 4) is 0 Å². The minimum atomic E-state index is 0.238. The molecular formula is C11H15N5OS. The van der Waals surface area contributed by atoms with Crippen LogP contribution in [0.25, 0.3) is 0 Å². The van der Waals surface area contributed by atoms with Crippen LogP contribution < -0.4 is 11.1 Å². The van der Waals surface area contributed by atoms with Gasteiger partial charge >= 0.3 is 0 Å². The van der Waals surface area contributed by atoms with E-state index in [1.807, 2.05) is 13.0 Å². The highest BCUT2D eigenvalue weighted by Gasteiger charge is 2.08. The Labute approximate surface area is 109 Å². The van der Waals surface area contributed by atoms with Crippen molar-refractivity contribution in [2.24, 2.45) is 0 Å². The van der Waals surface area contributed by atoms with E-state index >= 15 is 0 Å². The van der Waals surface area contributed by atoms with Gasteiger partial charge in [0.15, 0.2) is 0 Å². The van der Waals surface area contributed by atoms with Crippen LogP contribution >= 0.6 is 11.8 Å². The van der Waals surface area contributed by atoms with Gasteiger partial charge in [0.2, 0.25) is 5.95 Å². The summed E-state index contributed by atoms with van der Waals surface area (Å²) < 4.78 is 5.26. The van der Waals surface area contributed by atoms with Crippen LogP contribution in [0.4, 0.5) is 11.8 Å². The number of nitrogens with zero attached hydrogens (tertiary/aromatic N) is 3. The molecule has 0 aliphatic heterocycles. The molecule has 0 aromatic carbocycles. The molecule has 0 unspecified atom stereocenters. The molecule has 0 bridgehead atoms. The summed E-state index contributed by atoms with van der Waals surface area (Å²) in [6, 6.07) is 1.83. The third kappa shape index (κ3) is 3.36. The third-order valence-electron chi connectivity index (χ3n) is 2.07.